The Morgan fingerprint density at radius 1 is 0.969 bits per heavy atom. The number of benzene rings is 3. The van der Waals surface area contributed by atoms with Crippen molar-refractivity contribution in [2.45, 2.75) is 18.6 Å². The number of hydrogen-bond donors (Lipinski definition) is 6. The van der Waals surface area contributed by atoms with Crippen molar-refractivity contribution in [3.05, 3.63) is 64.7 Å². The summed E-state index contributed by atoms with van der Waals surface area (Å²) in [7, 11) is 0. The molecule has 0 spiro atoms. The summed E-state index contributed by atoms with van der Waals surface area (Å²) in [6, 6.07) is 11.1. The number of nitrogens with one attached hydrogen (secondary N) is 1. The number of anilines is 1. The summed E-state index contributed by atoms with van der Waals surface area (Å²) in [5.74, 6) is -2.26. The number of phenolic OH excluding ortho intramolecular Hbond substituents is 5. The van der Waals surface area contributed by atoms with Gasteiger partial charge < -0.3 is 35.0 Å². The van der Waals surface area contributed by atoms with Gasteiger partial charge in [-0.15, -0.1) is 0 Å². The van der Waals surface area contributed by atoms with E-state index in [1.54, 1.807) is 24.3 Å². The lowest BCUT2D eigenvalue weighted by molar-refractivity contribution is 0.00790. The first-order valence-electron chi connectivity index (χ1n) is 9.41. The van der Waals surface area contributed by atoms with Crippen LogP contribution in [0.15, 0.2) is 48.5 Å². The van der Waals surface area contributed by atoms with Crippen LogP contribution in [0.4, 0.5) is 10.5 Å². The van der Waals surface area contributed by atoms with Crippen molar-refractivity contribution >= 4 is 23.4 Å². The fraction of sp³-hybridized carbons (Fsp3) is 0.136. The molecule has 0 bridgehead atoms. The summed E-state index contributed by atoms with van der Waals surface area (Å²) in [5, 5.41) is 52.5. The molecule has 166 valence electrons. The van der Waals surface area contributed by atoms with E-state index in [0.29, 0.717) is 16.3 Å². The predicted octanol–water partition coefficient (Wildman–Crippen LogP) is 4.16. The zero-order chi connectivity index (χ0) is 23.0. The third kappa shape index (κ3) is 4.23. The molecule has 0 saturated heterocycles. The lowest BCUT2D eigenvalue weighted by Gasteiger charge is -2.34. The molecular weight excluding hydrogens is 442 g/mol. The highest BCUT2D eigenvalue weighted by Crippen LogP contribution is 2.45. The van der Waals surface area contributed by atoms with E-state index >= 15 is 0 Å². The Morgan fingerprint density at radius 3 is 2.28 bits per heavy atom. The molecule has 3 aromatic carbocycles. The highest BCUT2D eigenvalue weighted by atomic mass is 35.5. The van der Waals surface area contributed by atoms with Crippen LogP contribution in [-0.4, -0.2) is 37.7 Å². The maximum atomic E-state index is 12.5. The second-order valence-electron chi connectivity index (χ2n) is 7.17. The van der Waals surface area contributed by atoms with Gasteiger partial charge in [-0.2, -0.15) is 0 Å². The molecule has 6 N–H and O–H groups in total. The molecule has 0 aromatic heterocycles. The normalized spacial score (nSPS) is 17.2. The summed E-state index contributed by atoms with van der Waals surface area (Å²) in [4.78, 5) is 12.5. The number of fused-ring (bicyclic) bond motifs is 1. The number of aromatic hydroxyl groups is 5. The molecule has 1 amide bonds. The minimum Gasteiger partial charge on any atom is -0.508 e. The van der Waals surface area contributed by atoms with Crippen molar-refractivity contribution in [3.8, 4) is 34.5 Å². The number of hydrogen-bond acceptors (Lipinski definition) is 8. The predicted molar refractivity (Wildman–Crippen MR) is 114 cm³/mol. The number of carbonyl (C=O) groups is 1. The van der Waals surface area contributed by atoms with E-state index in [0.717, 1.165) is 18.2 Å². The number of phenols is 5. The Kier molecular flexibility index (Phi) is 5.50. The quantitative estimate of drug-likeness (QED) is 0.320. The molecule has 32 heavy (non-hydrogen) atoms. The van der Waals surface area contributed by atoms with E-state index in [1.807, 2.05) is 0 Å². The molecule has 0 radical (unpaired) electrons. The van der Waals surface area contributed by atoms with E-state index in [4.69, 9.17) is 21.1 Å². The molecule has 4 rings (SSSR count). The first-order valence-corrected chi connectivity index (χ1v) is 9.78. The summed E-state index contributed by atoms with van der Waals surface area (Å²) >= 11 is 5.84. The molecular formula is C22H18ClNO8. The minimum absolute atomic E-state index is 0.00253. The van der Waals surface area contributed by atoms with Crippen LogP contribution < -0.4 is 10.1 Å². The van der Waals surface area contributed by atoms with Gasteiger partial charge in [-0.05, 0) is 36.4 Å². The van der Waals surface area contributed by atoms with Gasteiger partial charge in [0.2, 0.25) is 0 Å². The number of amides is 1. The van der Waals surface area contributed by atoms with Gasteiger partial charge in [-0.25, -0.2) is 4.79 Å². The Morgan fingerprint density at radius 2 is 1.62 bits per heavy atom. The molecule has 10 heteroatoms. The van der Waals surface area contributed by atoms with Crippen molar-refractivity contribution in [1.29, 1.82) is 0 Å². The Balaban J connectivity index is 1.66. The molecule has 0 unspecified atom stereocenters. The van der Waals surface area contributed by atoms with Crippen LogP contribution in [-0.2, 0) is 11.2 Å². The Labute approximate surface area is 186 Å². The average molecular weight is 460 g/mol. The first kappa shape index (κ1) is 21.3. The average Bonchev–Trinajstić information content (AvgIpc) is 2.73. The van der Waals surface area contributed by atoms with E-state index in [1.165, 1.54) is 6.07 Å². The SMILES string of the molecule is O=C(Nc1ccc(Cl)cc1)O[C@@H]1Cc2c(O)cc(O)cc2O[C@@H]1c1cc(O)c(O)c(O)c1. The molecule has 1 aliphatic heterocycles. The number of ether oxygens (including phenoxy) is 2. The highest BCUT2D eigenvalue weighted by Gasteiger charge is 2.37. The van der Waals surface area contributed by atoms with Gasteiger partial charge in [0, 0.05) is 40.4 Å². The molecule has 0 saturated carbocycles. The smallest absolute Gasteiger partial charge is 0.412 e. The van der Waals surface area contributed by atoms with E-state index in [-0.39, 0.29) is 29.2 Å². The molecule has 9 nitrogen and oxygen atoms in total. The van der Waals surface area contributed by atoms with E-state index in [9.17, 15) is 30.3 Å². The second kappa shape index (κ2) is 8.27. The molecule has 3 aromatic rings. The third-order valence-electron chi connectivity index (χ3n) is 4.94. The largest absolute Gasteiger partial charge is 0.508 e. The van der Waals surface area contributed by atoms with Crippen LogP contribution >= 0.6 is 11.6 Å². The summed E-state index contributed by atoms with van der Waals surface area (Å²) in [5.41, 5.74) is 0.923. The van der Waals surface area contributed by atoms with E-state index in [2.05, 4.69) is 5.32 Å². The molecule has 1 heterocycles. The topological polar surface area (TPSA) is 149 Å². The number of carbonyl (C=O) groups excluding carboxylic acids is 1. The monoisotopic (exact) mass is 459 g/mol. The fourth-order valence-electron chi connectivity index (χ4n) is 3.44. The van der Waals surface area contributed by atoms with Gasteiger partial charge in [-0.3, -0.25) is 5.32 Å². The highest BCUT2D eigenvalue weighted by molar-refractivity contribution is 6.30. The summed E-state index contributed by atoms with van der Waals surface area (Å²) in [6.07, 6.45) is -2.87. The maximum absolute atomic E-state index is 12.5. The van der Waals surface area contributed by atoms with Gasteiger partial charge in [0.1, 0.15) is 23.4 Å². The van der Waals surface area contributed by atoms with Crippen molar-refractivity contribution in [2.24, 2.45) is 0 Å². The van der Waals surface area contributed by atoms with Crippen LogP contribution in [0.3, 0.4) is 0 Å². The number of halogens is 1. The zero-order valence-corrected chi connectivity index (χ0v) is 17.1. The summed E-state index contributed by atoms with van der Waals surface area (Å²) in [6.45, 7) is 0. The van der Waals surface area contributed by atoms with Crippen LogP contribution in [0.5, 0.6) is 34.5 Å². The second-order valence-corrected chi connectivity index (χ2v) is 7.60. The third-order valence-corrected chi connectivity index (χ3v) is 5.19. The van der Waals surface area contributed by atoms with Gasteiger partial charge in [-0.1, -0.05) is 11.6 Å². The maximum Gasteiger partial charge on any atom is 0.412 e. The van der Waals surface area contributed by atoms with Crippen molar-refractivity contribution in [3.63, 3.8) is 0 Å². The molecule has 0 aliphatic carbocycles. The van der Waals surface area contributed by atoms with Crippen molar-refractivity contribution in [2.75, 3.05) is 5.32 Å². The summed E-state index contributed by atoms with van der Waals surface area (Å²) < 4.78 is 11.4. The fourth-order valence-corrected chi connectivity index (χ4v) is 3.57. The first-order chi connectivity index (χ1) is 15.2. The molecule has 1 aliphatic rings. The standard InChI is InChI=1S/C22H18ClNO8/c23-11-1-3-12(4-2-11)24-22(30)32-19-9-14-15(26)7-13(25)8-18(14)31-21(19)10-5-16(27)20(29)17(28)6-10/h1-8,19,21,25-29H,9H2,(H,24,30)/t19-,21-/m1/s1. The Bertz CT molecular complexity index is 1160. The molecule has 2 atom stereocenters. The minimum atomic E-state index is -1.04. The zero-order valence-electron chi connectivity index (χ0n) is 16.3. The van der Waals surface area contributed by atoms with Crippen LogP contribution in [0.1, 0.15) is 17.2 Å². The lowest BCUT2D eigenvalue weighted by atomic mass is 9.93. The van der Waals surface area contributed by atoms with Crippen LogP contribution in [0.25, 0.3) is 0 Å². The van der Waals surface area contributed by atoms with Gasteiger partial charge in [0.15, 0.2) is 23.4 Å². The van der Waals surface area contributed by atoms with E-state index < -0.39 is 35.5 Å². The van der Waals surface area contributed by atoms with Crippen LogP contribution in [0, 0.1) is 0 Å². The van der Waals surface area contributed by atoms with Gasteiger partial charge in [0.25, 0.3) is 0 Å². The lowest BCUT2D eigenvalue weighted by Crippen LogP contribution is -2.36. The van der Waals surface area contributed by atoms with Crippen LogP contribution in [0.2, 0.25) is 5.02 Å². The Hall–Kier alpha value is -3.98. The number of rotatable bonds is 3. The van der Waals surface area contributed by atoms with Gasteiger partial charge >= 0.3 is 6.09 Å². The van der Waals surface area contributed by atoms with Crippen molar-refractivity contribution in [1.82, 2.24) is 0 Å². The van der Waals surface area contributed by atoms with Crippen molar-refractivity contribution < 1.29 is 39.8 Å². The van der Waals surface area contributed by atoms with Gasteiger partial charge in [0.05, 0.1) is 0 Å². The molecule has 0 fully saturated rings.